The Balaban J connectivity index is 2.23. The van der Waals surface area contributed by atoms with Crippen LogP contribution in [0.15, 0.2) is 0 Å². The molecule has 1 nitrogen and oxygen atoms in total. The maximum absolute atomic E-state index is 8.75. The molecule has 0 aromatic rings. The molecule has 1 saturated carbocycles. The van der Waals surface area contributed by atoms with Crippen molar-refractivity contribution >= 4 is 0 Å². The van der Waals surface area contributed by atoms with Crippen LogP contribution >= 0.6 is 0 Å². The van der Waals surface area contributed by atoms with Gasteiger partial charge in [-0.1, -0.05) is 20.3 Å². The quantitative estimate of drug-likeness (QED) is 0.665. The molecule has 11 heavy (non-hydrogen) atoms. The van der Waals surface area contributed by atoms with Gasteiger partial charge in [-0.2, -0.15) is 0 Å². The molecule has 0 radical (unpaired) electrons. The summed E-state index contributed by atoms with van der Waals surface area (Å²) in [6, 6.07) is 0. The Labute approximate surface area is 69.8 Å². The number of rotatable bonds is 3. The number of aliphatic hydroxyl groups is 1. The minimum Gasteiger partial charge on any atom is -0.396 e. The summed E-state index contributed by atoms with van der Waals surface area (Å²) in [5.74, 6) is 2.61. The van der Waals surface area contributed by atoms with E-state index in [0.717, 1.165) is 24.2 Å². The molecule has 1 aliphatic carbocycles. The maximum atomic E-state index is 8.75. The summed E-state index contributed by atoms with van der Waals surface area (Å²) in [6.45, 7) is 5.01. The molecule has 0 bridgehead atoms. The Kier molecular flexibility index (Phi) is 3.38. The lowest BCUT2D eigenvalue weighted by Gasteiger charge is -2.13. The van der Waals surface area contributed by atoms with E-state index in [-0.39, 0.29) is 0 Å². The standard InChI is InChI=1S/C10H20O/c1-8(2)10-4-3-9(7-10)5-6-11/h8-11H,3-7H2,1-2H3. The van der Waals surface area contributed by atoms with Crippen molar-refractivity contribution in [1.82, 2.24) is 0 Å². The van der Waals surface area contributed by atoms with E-state index in [4.69, 9.17) is 5.11 Å². The Morgan fingerprint density at radius 1 is 1.36 bits per heavy atom. The third-order valence-corrected chi connectivity index (χ3v) is 3.06. The predicted octanol–water partition coefficient (Wildman–Crippen LogP) is 2.44. The summed E-state index contributed by atoms with van der Waals surface area (Å²) in [6.07, 6.45) is 5.13. The predicted molar refractivity (Wildman–Crippen MR) is 47.4 cm³/mol. The van der Waals surface area contributed by atoms with Crippen LogP contribution < -0.4 is 0 Å². The molecule has 1 fully saturated rings. The summed E-state index contributed by atoms with van der Waals surface area (Å²) in [5, 5.41) is 8.75. The van der Waals surface area contributed by atoms with E-state index in [0.29, 0.717) is 6.61 Å². The van der Waals surface area contributed by atoms with Gasteiger partial charge in [0.2, 0.25) is 0 Å². The lowest BCUT2D eigenvalue weighted by Crippen LogP contribution is -2.04. The van der Waals surface area contributed by atoms with E-state index >= 15 is 0 Å². The van der Waals surface area contributed by atoms with Gasteiger partial charge in [0.05, 0.1) is 0 Å². The average molecular weight is 156 g/mol. The molecule has 1 N–H and O–H groups in total. The second kappa shape index (κ2) is 4.10. The summed E-state index contributed by atoms with van der Waals surface area (Å²) in [7, 11) is 0. The second-order valence-electron chi connectivity index (χ2n) is 4.20. The first-order chi connectivity index (χ1) is 5.24. The highest BCUT2D eigenvalue weighted by atomic mass is 16.3. The summed E-state index contributed by atoms with van der Waals surface area (Å²) in [5.41, 5.74) is 0. The van der Waals surface area contributed by atoms with Crippen LogP contribution in [0.25, 0.3) is 0 Å². The van der Waals surface area contributed by atoms with Crippen LogP contribution in [0.4, 0.5) is 0 Å². The fraction of sp³-hybridized carbons (Fsp3) is 1.00. The second-order valence-corrected chi connectivity index (χ2v) is 4.20. The lowest BCUT2D eigenvalue weighted by molar-refractivity contribution is 0.253. The van der Waals surface area contributed by atoms with Gasteiger partial charge in [-0.15, -0.1) is 0 Å². The van der Waals surface area contributed by atoms with Crippen LogP contribution in [0.1, 0.15) is 39.5 Å². The third-order valence-electron chi connectivity index (χ3n) is 3.06. The van der Waals surface area contributed by atoms with Crippen molar-refractivity contribution in [3.05, 3.63) is 0 Å². The van der Waals surface area contributed by atoms with Gasteiger partial charge in [-0.3, -0.25) is 0 Å². The zero-order chi connectivity index (χ0) is 8.27. The van der Waals surface area contributed by atoms with Gasteiger partial charge in [-0.25, -0.2) is 0 Å². The van der Waals surface area contributed by atoms with E-state index in [1.165, 1.54) is 19.3 Å². The minimum atomic E-state index is 0.384. The molecule has 1 rings (SSSR count). The Hall–Kier alpha value is -0.0400. The molecule has 0 aliphatic heterocycles. The monoisotopic (exact) mass is 156 g/mol. The number of hydrogen-bond acceptors (Lipinski definition) is 1. The van der Waals surface area contributed by atoms with Crippen molar-refractivity contribution < 1.29 is 5.11 Å². The van der Waals surface area contributed by atoms with Gasteiger partial charge in [-0.05, 0) is 37.0 Å². The minimum absolute atomic E-state index is 0.384. The van der Waals surface area contributed by atoms with Crippen LogP contribution in [-0.2, 0) is 0 Å². The van der Waals surface area contributed by atoms with Crippen molar-refractivity contribution in [2.45, 2.75) is 39.5 Å². The zero-order valence-electron chi connectivity index (χ0n) is 7.71. The normalized spacial score (nSPS) is 31.6. The molecule has 2 unspecified atom stereocenters. The topological polar surface area (TPSA) is 20.2 Å². The van der Waals surface area contributed by atoms with E-state index < -0.39 is 0 Å². The number of aliphatic hydroxyl groups excluding tert-OH is 1. The van der Waals surface area contributed by atoms with E-state index in [1.54, 1.807) is 0 Å². The van der Waals surface area contributed by atoms with Crippen LogP contribution in [0, 0.1) is 17.8 Å². The first-order valence-electron chi connectivity index (χ1n) is 4.85. The lowest BCUT2D eigenvalue weighted by atomic mass is 9.93. The summed E-state index contributed by atoms with van der Waals surface area (Å²) >= 11 is 0. The smallest absolute Gasteiger partial charge is 0.0433 e. The fourth-order valence-corrected chi connectivity index (χ4v) is 2.16. The SMILES string of the molecule is CC(C)C1CCC(CCO)C1. The summed E-state index contributed by atoms with van der Waals surface area (Å²) < 4.78 is 0. The molecular formula is C10H20O. The molecule has 0 aromatic carbocycles. The highest BCUT2D eigenvalue weighted by Gasteiger charge is 2.25. The highest BCUT2D eigenvalue weighted by molar-refractivity contribution is 4.77. The maximum Gasteiger partial charge on any atom is 0.0433 e. The summed E-state index contributed by atoms with van der Waals surface area (Å²) in [4.78, 5) is 0. The van der Waals surface area contributed by atoms with E-state index in [2.05, 4.69) is 13.8 Å². The van der Waals surface area contributed by atoms with Gasteiger partial charge in [0, 0.05) is 6.61 Å². The molecule has 0 heterocycles. The largest absolute Gasteiger partial charge is 0.396 e. The van der Waals surface area contributed by atoms with Crippen molar-refractivity contribution in [2.24, 2.45) is 17.8 Å². The molecule has 1 heteroatoms. The first kappa shape index (κ1) is 9.05. The molecule has 2 atom stereocenters. The third kappa shape index (κ3) is 2.48. The van der Waals surface area contributed by atoms with Gasteiger partial charge in [0.25, 0.3) is 0 Å². The van der Waals surface area contributed by atoms with E-state index in [9.17, 15) is 0 Å². The van der Waals surface area contributed by atoms with Crippen molar-refractivity contribution in [3.8, 4) is 0 Å². The van der Waals surface area contributed by atoms with E-state index in [1.807, 2.05) is 0 Å². The Bertz CT molecular complexity index is 109. The molecule has 0 spiro atoms. The van der Waals surface area contributed by atoms with Crippen LogP contribution in [0.3, 0.4) is 0 Å². The average Bonchev–Trinajstić information content (AvgIpc) is 2.37. The Morgan fingerprint density at radius 3 is 2.55 bits per heavy atom. The van der Waals surface area contributed by atoms with Gasteiger partial charge in [0.1, 0.15) is 0 Å². The van der Waals surface area contributed by atoms with Gasteiger partial charge < -0.3 is 5.11 Å². The fourth-order valence-electron chi connectivity index (χ4n) is 2.16. The van der Waals surface area contributed by atoms with Crippen LogP contribution in [-0.4, -0.2) is 11.7 Å². The van der Waals surface area contributed by atoms with Crippen LogP contribution in [0.5, 0.6) is 0 Å². The molecule has 66 valence electrons. The molecule has 0 aromatic heterocycles. The van der Waals surface area contributed by atoms with Crippen molar-refractivity contribution in [1.29, 1.82) is 0 Å². The highest BCUT2D eigenvalue weighted by Crippen LogP contribution is 2.36. The van der Waals surface area contributed by atoms with Crippen LogP contribution in [0.2, 0.25) is 0 Å². The van der Waals surface area contributed by atoms with Gasteiger partial charge >= 0.3 is 0 Å². The van der Waals surface area contributed by atoms with Crippen molar-refractivity contribution in [3.63, 3.8) is 0 Å². The zero-order valence-corrected chi connectivity index (χ0v) is 7.71. The Morgan fingerprint density at radius 2 is 2.09 bits per heavy atom. The number of hydrogen-bond donors (Lipinski definition) is 1. The molecule has 0 amide bonds. The molecule has 0 saturated heterocycles. The molecule has 1 aliphatic rings. The van der Waals surface area contributed by atoms with Gasteiger partial charge in [0.15, 0.2) is 0 Å². The molecular weight excluding hydrogens is 136 g/mol. The first-order valence-corrected chi connectivity index (χ1v) is 4.85. The van der Waals surface area contributed by atoms with Crippen molar-refractivity contribution in [2.75, 3.05) is 6.61 Å².